The van der Waals surface area contributed by atoms with Gasteiger partial charge in [0.15, 0.2) is 4.47 Å². The molecule has 1 aromatic carbocycles. The third kappa shape index (κ3) is 3.62. The first-order valence-corrected chi connectivity index (χ1v) is 8.88. The molecule has 1 fully saturated rings. The fourth-order valence-electron chi connectivity index (χ4n) is 2.95. The van der Waals surface area contributed by atoms with Gasteiger partial charge in [0.1, 0.15) is 0 Å². The molecule has 1 saturated heterocycles. The van der Waals surface area contributed by atoms with Crippen LogP contribution in [0, 0.1) is 0 Å². The fourth-order valence-corrected chi connectivity index (χ4v) is 3.86. The Bertz CT molecular complexity index is 615. The monoisotopic (exact) mass is 335 g/mol. The predicted molar refractivity (Wildman–Crippen MR) is 95.0 cm³/mol. The lowest BCUT2D eigenvalue weighted by Crippen LogP contribution is -2.38. The molecular formula is C17H22ClN3S. The number of hydrogen-bond donors (Lipinski definition) is 1. The second kappa shape index (κ2) is 6.57. The highest BCUT2D eigenvalue weighted by molar-refractivity contribution is 7.15. The Hall–Kier alpha value is -1.10. The Labute approximate surface area is 141 Å². The highest BCUT2D eigenvalue weighted by atomic mass is 35.5. The van der Waals surface area contributed by atoms with E-state index in [4.69, 9.17) is 11.6 Å². The SMILES string of the molecule is CN1CCC(C)(c2ccc(NCc3cnc(Cl)s3)cc2)CC1. The van der Waals surface area contributed by atoms with Gasteiger partial charge in [0, 0.05) is 16.8 Å². The maximum Gasteiger partial charge on any atom is 0.183 e. The molecule has 1 aliphatic rings. The van der Waals surface area contributed by atoms with Crippen LogP contribution in [0.25, 0.3) is 0 Å². The van der Waals surface area contributed by atoms with Gasteiger partial charge in [-0.3, -0.25) is 0 Å². The number of nitrogens with zero attached hydrogens (tertiary/aromatic N) is 2. The van der Waals surface area contributed by atoms with Crippen molar-refractivity contribution in [3.63, 3.8) is 0 Å². The number of thiazole rings is 1. The van der Waals surface area contributed by atoms with Gasteiger partial charge >= 0.3 is 0 Å². The molecule has 1 aliphatic heterocycles. The van der Waals surface area contributed by atoms with Crippen LogP contribution in [-0.4, -0.2) is 30.0 Å². The molecule has 0 bridgehead atoms. The maximum atomic E-state index is 5.85. The lowest BCUT2D eigenvalue weighted by molar-refractivity contribution is 0.200. The number of halogens is 1. The summed E-state index contributed by atoms with van der Waals surface area (Å²) in [4.78, 5) is 7.62. The first-order chi connectivity index (χ1) is 10.5. The standard InChI is InChI=1S/C17H22ClN3S/c1-17(7-9-21(2)10-8-17)13-3-5-14(6-4-13)19-11-15-12-20-16(18)22-15/h3-6,12,19H,7-11H2,1-2H3. The molecule has 1 N–H and O–H groups in total. The number of likely N-dealkylation sites (tertiary alicyclic amines) is 1. The summed E-state index contributed by atoms with van der Waals surface area (Å²) in [5.41, 5.74) is 2.91. The van der Waals surface area contributed by atoms with Gasteiger partial charge < -0.3 is 10.2 Å². The number of piperidine rings is 1. The zero-order valence-corrected chi connectivity index (χ0v) is 14.7. The molecule has 0 atom stereocenters. The van der Waals surface area contributed by atoms with Crippen molar-refractivity contribution in [2.45, 2.75) is 31.7 Å². The van der Waals surface area contributed by atoms with Crippen LogP contribution in [0.15, 0.2) is 30.5 Å². The third-order valence-electron chi connectivity index (χ3n) is 4.66. The number of rotatable bonds is 4. The molecule has 1 aromatic heterocycles. The summed E-state index contributed by atoms with van der Waals surface area (Å²) < 4.78 is 0.599. The van der Waals surface area contributed by atoms with Crippen LogP contribution in [0.2, 0.25) is 4.47 Å². The molecule has 118 valence electrons. The summed E-state index contributed by atoms with van der Waals surface area (Å²) in [6, 6.07) is 8.91. The van der Waals surface area contributed by atoms with Gasteiger partial charge in [-0.15, -0.1) is 11.3 Å². The highest BCUT2D eigenvalue weighted by Gasteiger charge is 2.30. The quantitative estimate of drug-likeness (QED) is 0.898. The average molecular weight is 336 g/mol. The van der Waals surface area contributed by atoms with E-state index in [1.54, 1.807) is 0 Å². The third-order valence-corrected chi connectivity index (χ3v) is 5.78. The van der Waals surface area contributed by atoms with Gasteiger partial charge in [-0.05, 0) is 56.1 Å². The van der Waals surface area contributed by atoms with Crippen molar-refractivity contribution in [1.82, 2.24) is 9.88 Å². The van der Waals surface area contributed by atoms with Crippen LogP contribution in [0.1, 0.15) is 30.2 Å². The number of aromatic nitrogens is 1. The Morgan fingerprint density at radius 1 is 1.27 bits per heavy atom. The van der Waals surface area contributed by atoms with Crippen molar-refractivity contribution >= 4 is 28.6 Å². The van der Waals surface area contributed by atoms with E-state index in [-0.39, 0.29) is 0 Å². The number of hydrogen-bond acceptors (Lipinski definition) is 4. The van der Waals surface area contributed by atoms with E-state index in [0.29, 0.717) is 9.88 Å². The van der Waals surface area contributed by atoms with Gasteiger partial charge in [0.2, 0.25) is 0 Å². The first-order valence-electron chi connectivity index (χ1n) is 7.68. The summed E-state index contributed by atoms with van der Waals surface area (Å²) in [6.07, 6.45) is 4.29. The average Bonchev–Trinajstić information content (AvgIpc) is 2.94. The molecule has 0 radical (unpaired) electrons. The summed E-state index contributed by atoms with van der Waals surface area (Å²) in [6.45, 7) is 5.53. The Morgan fingerprint density at radius 3 is 2.55 bits per heavy atom. The van der Waals surface area contributed by atoms with E-state index in [1.165, 1.54) is 42.8 Å². The molecular weight excluding hydrogens is 314 g/mol. The minimum atomic E-state index is 0.316. The van der Waals surface area contributed by atoms with Crippen LogP contribution < -0.4 is 5.32 Å². The van der Waals surface area contributed by atoms with Gasteiger partial charge in [-0.1, -0.05) is 30.7 Å². The Morgan fingerprint density at radius 2 is 1.95 bits per heavy atom. The Kier molecular flexibility index (Phi) is 4.71. The van der Waals surface area contributed by atoms with E-state index in [0.717, 1.165) is 17.1 Å². The van der Waals surface area contributed by atoms with Gasteiger partial charge in [0.25, 0.3) is 0 Å². The van der Waals surface area contributed by atoms with E-state index in [2.05, 4.69) is 53.4 Å². The molecule has 2 aromatic rings. The number of benzene rings is 1. The molecule has 0 aliphatic carbocycles. The lowest BCUT2D eigenvalue weighted by Gasteiger charge is -2.38. The van der Waals surface area contributed by atoms with E-state index in [9.17, 15) is 0 Å². The zero-order chi connectivity index (χ0) is 15.6. The van der Waals surface area contributed by atoms with Crippen molar-refractivity contribution in [3.05, 3.63) is 45.4 Å². The van der Waals surface area contributed by atoms with E-state index >= 15 is 0 Å². The molecule has 0 amide bonds. The lowest BCUT2D eigenvalue weighted by atomic mass is 9.74. The van der Waals surface area contributed by atoms with Crippen LogP contribution in [0.4, 0.5) is 5.69 Å². The molecule has 0 saturated carbocycles. The molecule has 22 heavy (non-hydrogen) atoms. The van der Waals surface area contributed by atoms with Crippen molar-refractivity contribution < 1.29 is 0 Å². The summed E-state index contributed by atoms with van der Waals surface area (Å²) in [5, 5.41) is 3.43. The van der Waals surface area contributed by atoms with Crippen molar-refractivity contribution in [3.8, 4) is 0 Å². The second-order valence-corrected chi connectivity index (χ2v) is 8.07. The van der Waals surface area contributed by atoms with Crippen molar-refractivity contribution in [2.75, 3.05) is 25.5 Å². The van der Waals surface area contributed by atoms with E-state index in [1.807, 2.05) is 6.20 Å². The molecule has 5 heteroatoms. The first kappa shape index (κ1) is 15.8. The molecule has 0 unspecified atom stereocenters. The minimum absolute atomic E-state index is 0.316. The van der Waals surface area contributed by atoms with Crippen LogP contribution in [-0.2, 0) is 12.0 Å². The van der Waals surface area contributed by atoms with Gasteiger partial charge in [0.05, 0.1) is 6.54 Å². The number of nitrogens with one attached hydrogen (secondary N) is 1. The van der Waals surface area contributed by atoms with E-state index < -0.39 is 0 Å². The van der Waals surface area contributed by atoms with Crippen LogP contribution >= 0.6 is 22.9 Å². The molecule has 2 heterocycles. The van der Waals surface area contributed by atoms with Crippen LogP contribution in [0.3, 0.4) is 0 Å². The summed E-state index contributed by atoms with van der Waals surface area (Å²) in [7, 11) is 2.21. The Balaban J connectivity index is 1.62. The maximum absolute atomic E-state index is 5.85. The molecule has 0 spiro atoms. The van der Waals surface area contributed by atoms with Gasteiger partial charge in [-0.2, -0.15) is 0 Å². The zero-order valence-electron chi connectivity index (χ0n) is 13.1. The van der Waals surface area contributed by atoms with Crippen molar-refractivity contribution in [2.24, 2.45) is 0 Å². The summed E-state index contributed by atoms with van der Waals surface area (Å²) >= 11 is 7.37. The minimum Gasteiger partial charge on any atom is -0.380 e. The van der Waals surface area contributed by atoms with Gasteiger partial charge in [-0.25, -0.2) is 4.98 Å². The molecule has 3 rings (SSSR count). The number of anilines is 1. The summed E-state index contributed by atoms with van der Waals surface area (Å²) in [5.74, 6) is 0. The topological polar surface area (TPSA) is 28.2 Å². The normalized spacial score (nSPS) is 18.3. The largest absolute Gasteiger partial charge is 0.380 e. The second-order valence-electron chi connectivity index (χ2n) is 6.37. The smallest absolute Gasteiger partial charge is 0.183 e. The predicted octanol–water partition coefficient (Wildman–Crippen LogP) is 4.39. The van der Waals surface area contributed by atoms with Crippen molar-refractivity contribution in [1.29, 1.82) is 0 Å². The van der Waals surface area contributed by atoms with Crippen LogP contribution in [0.5, 0.6) is 0 Å². The highest BCUT2D eigenvalue weighted by Crippen LogP contribution is 2.35. The molecule has 3 nitrogen and oxygen atoms in total. The fraction of sp³-hybridized carbons (Fsp3) is 0.471.